The number of piperidine rings is 1. The average Bonchev–Trinajstić information content (AvgIpc) is 2.81. The van der Waals surface area contributed by atoms with Gasteiger partial charge in [-0.15, -0.1) is 0 Å². The maximum absolute atomic E-state index is 6.15. The van der Waals surface area contributed by atoms with Gasteiger partial charge in [-0.3, -0.25) is 4.99 Å². The lowest BCUT2D eigenvalue weighted by atomic mass is 10.1. The summed E-state index contributed by atoms with van der Waals surface area (Å²) in [6, 6.07) is 8.32. The summed E-state index contributed by atoms with van der Waals surface area (Å²) in [5, 5.41) is 3.46. The largest absolute Gasteiger partial charge is 0.497 e. The van der Waals surface area contributed by atoms with Crippen molar-refractivity contribution >= 4 is 5.96 Å². The molecule has 2 heterocycles. The van der Waals surface area contributed by atoms with E-state index in [2.05, 4.69) is 29.3 Å². The van der Waals surface area contributed by atoms with Gasteiger partial charge in [-0.2, -0.15) is 0 Å². The molecular formula is C24H39N3O3. The SMILES string of the molecule is CCNC(=NCCCc1ccc(OC)cc1)N1CCC(OCC2CCCCO2)CC1. The number of benzene rings is 1. The Balaban J connectivity index is 1.38. The van der Waals surface area contributed by atoms with Gasteiger partial charge in [-0.25, -0.2) is 0 Å². The van der Waals surface area contributed by atoms with Crippen LogP contribution >= 0.6 is 0 Å². The Labute approximate surface area is 182 Å². The van der Waals surface area contributed by atoms with Gasteiger partial charge in [0.1, 0.15) is 5.75 Å². The van der Waals surface area contributed by atoms with Crippen LogP contribution in [0.15, 0.2) is 29.3 Å². The van der Waals surface area contributed by atoms with Crippen LogP contribution in [0.25, 0.3) is 0 Å². The lowest BCUT2D eigenvalue weighted by Gasteiger charge is -2.35. The summed E-state index contributed by atoms with van der Waals surface area (Å²) in [7, 11) is 1.70. The van der Waals surface area contributed by atoms with E-state index in [1.165, 1.54) is 18.4 Å². The standard InChI is InChI=1S/C24H39N3O3/c1-3-25-24(26-15-6-7-20-9-11-21(28-2)12-10-20)27-16-13-22(14-17-27)30-19-23-8-4-5-18-29-23/h9-12,22-23H,3-8,13-19H2,1-2H3,(H,25,26). The highest BCUT2D eigenvalue weighted by Gasteiger charge is 2.23. The average molecular weight is 418 g/mol. The smallest absolute Gasteiger partial charge is 0.193 e. The first-order valence-corrected chi connectivity index (χ1v) is 11.7. The highest BCUT2D eigenvalue weighted by molar-refractivity contribution is 5.80. The minimum atomic E-state index is 0.307. The number of likely N-dealkylation sites (tertiary alicyclic amines) is 1. The molecule has 0 spiro atoms. The summed E-state index contributed by atoms with van der Waals surface area (Å²) < 4.78 is 17.2. The van der Waals surface area contributed by atoms with Crippen molar-refractivity contribution in [2.45, 2.75) is 64.1 Å². The molecule has 3 rings (SSSR count). The molecule has 1 aromatic rings. The van der Waals surface area contributed by atoms with Crippen molar-refractivity contribution in [1.82, 2.24) is 10.2 Å². The van der Waals surface area contributed by atoms with Gasteiger partial charge >= 0.3 is 0 Å². The molecule has 1 N–H and O–H groups in total. The van der Waals surface area contributed by atoms with E-state index in [-0.39, 0.29) is 0 Å². The molecule has 0 radical (unpaired) electrons. The Morgan fingerprint density at radius 2 is 1.97 bits per heavy atom. The third-order valence-electron chi connectivity index (χ3n) is 5.91. The van der Waals surface area contributed by atoms with Crippen molar-refractivity contribution in [3.05, 3.63) is 29.8 Å². The second kappa shape index (κ2) is 12.8. The van der Waals surface area contributed by atoms with Gasteiger partial charge in [-0.1, -0.05) is 12.1 Å². The Kier molecular flexibility index (Phi) is 9.77. The maximum Gasteiger partial charge on any atom is 0.193 e. The predicted molar refractivity (Wildman–Crippen MR) is 121 cm³/mol. The number of aryl methyl sites for hydroxylation is 1. The molecular weight excluding hydrogens is 378 g/mol. The van der Waals surface area contributed by atoms with Crippen molar-refractivity contribution in [3.8, 4) is 5.75 Å². The minimum absolute atomic E-state index is 0.307. The summed E-state index contributed by atoms with van der Waals surface area (Å²) in [5.41, 5.74) is 1.33. The number of guanidine groups is 1. The fourth-order valence-electron chi connectivity index (χ4n) is 4.10. The molecule has 1 unspecified atom stereocenters. The van der Waals surface area contributed by atoms with Gasteiger partial charge in [0.05, 0.1) is 25.9 Å². The second-order valence-corrected chi connectivity index (χ2v) is 8.20. The highest BCUT2D eigenvalue weighted by atomic mass is 16.5. The number of aliphatic imine (C=N–C) groups is 1. The number of methoxy groups -OCH3 is 1. The van der Waals surface area contributed by atoms with E-state index in [1.807, 2.05) is 12.1 Å². The molecule has 2 aliphatic heterocycles. The normalized spacial score (nSPS) is 20.9. The number of hydrogen-bond acceptors (Lipinski definition) is 4. The van der Waals surface area contributed by atoms with E-state index in [9.17, 15) is 0 Å². The van der Waals surface area contributed by atoms with Crippen molar-refractivity contribution in [2.24, 2.45) is 4.99 Å². The predicted octanol–water partition coefficient (Wildman–Crippen LogP) is 3.64. The maximum atomic E-state index is 6.15. The fraction of sp³-hybridized carbons (Fsp3) is 0.708. The first kappa shape index (κ1) is 22.9. The highest BCUT2D eigenvalue weighted by Crippen LogP contribution is 2.18. The number of ether oxygens (including phenoxy) is 3. The quantitative estimate of drug-likeness (QED) is 0.378. The lowest BCUT2D eigenvalue weighted by molar-refractivity contribution is -0.0721. The van der Waals surface area contributed by atoms with Crippen molar-refractivity contribution in [2.75, 3.05) is 46.5 Å². The van der Waals surface area contributed by atoms with Gasteiger partial charge < -0.3 is 24.4 Å². The summed E-state index contributed by atoms with van der Waals surface area (Å²) in [5.74, 6) is 1.95. The van der Waals surface area contributed by atoms with E-state index in [0.717, 1.165) is 83.2 Å². The van der Waals surface area contributed by atoms with E-state index in [4.69, 9.17) is 19.2 Å². The molecule has 30 heavy (non-hydrogen) atoms. The Bertz CT molecular complexity index is 621. The molecule has 2 saturated heterocycles. The number of nitrogens with zero attached hydrogens (tertiary/aromatic N) is 2. The zero-order chi connectivity index (χ0) is 21.0. The van der Waals surface area contributed by atoms with Crippen LogP contribution in [0.3, 0.4) is 0 Å². The van der Waals surface area contributed by atoms with Crippen LogP contribution in [0.5, 0.6) is 5.75 Å². The molecule has 1 aromatic carbocycles. The number of rotatable bonds is 9. The zero-order valence-electron chi connectivity index (χ0n) is 18.8. The van der Waals surface area contributed by atoms with Crippen LogP contribution in [0, 0.1) is 0 Å². The second-order valence-electron chi connectivity index (χ2n) is 8.20. The van der Waals surface area contributed by atoms with Crippen LogP contribution in [0.2, 0.25) is 0 Å². The molecule has 2 aliphatic rings. The van der Waals surface area contributed by atoms with Gasteiger partial charge in [0.2, 0.25) is 0 Å². The first-order chi connectivity index (χ1) is 14.8. The van der Waals surface area contributed by atoms with E-state index in [0.29, 0.717) is 12.2 Å². The summed E-state index contributed by atoms with van der Waals surface area (Å²) >= 11 is 0. The molecule has 0 amide bonds. The molecule has 6 heteroatoms. The molecule has 0 bridgehead atoms. The van der Waals surface area contributed by atoms with E-state index >= 15 is 0 Å². The molecule has 168 valence electrons. The van der Waals surface area contributed by atoms with Gasteiger partial charge in [0.25, 0.3) is 0 Å². The van der Waals surface area contributed by atoms with E-state index in [1.54, 1.807) is 7.11 Å². The van der Waals surface area contributed by atoms with Crippen LogP contribution < -0.4 is 10.1 Å². The van der Waals surface area contributed by atoms with E-state index < -0.39 is 0 Å². The zero-order valence-corrected chi connectivity index (χ0v) is 18.8. The van der Waals surface area contributed by atoms with Gasteiger partial charge in [-0.05, 0) is 69.6 Å². The molecule has 0 aromatic heterocycles. The van der Waals surface area contributed by atoms with Crippen molar-refractivity contribution in [3.63, 3.8) is 0 Å². The number of nitrogens with one attached hydrogen (secondary N) is 1. The fourth-order valence-corrected chi connectivity index (χ4v) is 4.10. The van der Waals surface area contributed by atoms with Gasteiger partial charge in [0.15, 0.2) is 5.96 Å². The molecule has 2 fully saturated rings. The molecule has 1 atom stereocenters. The Hall–Kier alpha value is -1.79. The third kappa shape index (κ3) is 7.47. The van der Waals surface area contributed by atoms with Crippen LogP contribution in [-0.4, -0.2) is 69.6 Å². The van der Waals surface area contributed by atoms with Crippen LogP contribution in [0.1, 0.15) is 51.0 Å². The Morgan fingerprint density at radius 1 is 1.17 bits per heavy atom. The van der Waals surface area contributed by atoms with Crippen molar-refractivity contribution < 1.29 is 14.2 Å². The topological polar surface area (TPSA) is 55.3 Å². The molecule has 6 nitrogen and oxygen atoms in total. The minimum Gasteiger partial charge on any atom is -0.497 e. The van der Waals surface area contributed by atoms with Crippen molar-refractivity contribution in [1.29, 1.82) is 0 Å². The molecule has 0 saturated carbocycles. The summed E-state index contributed by atoms with van der Waals surface area (Å²) in [4.78, 5) is 7.26. The summed E-state index contributed by atoms with van der Waals surface area (Å²) in [6.45, 7) is 7.52. The Morgan fingerprint density at radius 3 is 2.63 bits per heavy atom. The van der Waals surface area contributed by atoms with Crippen LogP contribution in [0.4, 0.5) is 0 Å². The molecule has 0 aliphatic carbocycles. The monoisotopic (exact) mass is 417 g/mol. The first-order valence-electron chi connectivity index (χ1n) is 11.7. The summed E-state index contributed by atoms with van der Waals surface area (Å²) in [6.07, 6.45) is 8.47. The van der Waals surface area contributed by atoms with Gasteiger partial charge in [0, 0.05) is 32.8 Å². The number of hydrogen-bond donors (Lipinski definition) is 1. The third-order valence-corrected chi connectivity index (χ3v) is 5.91. The van der Waals surface area contributed by atoms with Crippen LogP contribution in [-0.2, 0) is 15.9 Å². The lowest BCUT2D eigenvalue weighted by Crippen LogP contribution is -2.47.